The van der Waals surface area contributed by atoms with Crippen molar-refractivity contribution < 1.29 is 24.2 Å². The van der Waals surface area contributed by atoms with Crippen molar-refractivity contribution in [2.75, 3.05) is 13.2 Å². The molecule has 1 heterocycles. The van der Waals surface area contributed by atoms with E-state index in [0.717, 1.165) is 25.7 Å². The Labute approximate surface area is 107 Å². The monoisotopic (exact) mass is 258 g/mol. The van der Waals surface area contributed by atoms with Crippen molar-refractivity contribution in [3.05, 3.63) is 0 Å². The molecule has 1 saturated heterocycles. The Morgan fingerprint density at radius 2 is 2.11 bits per heavy atom. The molecular formula is C13H22O5. The highest BCUT2D eigenvalue weighted by atomic mass is 16.6. The van der Waals surface area contributed by atoms with Gasteiger partial charge in [0.15, 0.2) is 0 Å². The van der Waals surface area contributed by atoms with Crippen LogP contribution in [0.3, 0.4) is 0 Å². The first kappa shape index (κ1) is 15.0. The number of ether oxygens (including phenoxy) is 2. The van der Waals surface area contributed by atoms with Crippen LogP contribution in [0.4, 0.5) is 0 Å². The summed E-state index contributed by atoms with van der Waals surface area (Å²) in [6, 6.07) is 0. The minimum Gasteiger partial charge on any atom is -0.481 e. The molecule has 1 rings (SSSR count). The molecule has 1 aliphatic rings. The SMILES string of the molecule is CCCCCCC(CC(=O)O)C(=O)OCC1CO1. The molecule has 0 amide bonds. The first-order valence-electron chi connectivity index (χ1n) is 6.63. The summed E-state index contributed by atoms with van der Waals surface area (Å²) in [6.45, 7) is 3.00. The summed E-state index contributed by atoms with van der Waals surface area (Å²) in [5.41, 5.74) is 0. The van der Waals surface area contributed by atoms with E-state index in [1.165, 1.54) is 0 Å². The van der Waals surface area contributed by atoms with Crippen molar-refractivity contribution in [1.29, 1.82) is 0 Å². The van der Waals surface area contributed by atoms with Gasteiger partial charge in [0.2, 0.25) is 0 Å². The van der Waals surface area contributed by atoms with Crippen LogP contribution in [0.1, 0.15) is 45.4 Å². The molecule has 0 aromatic heterocycles. The van der Waals surface area contributed by atoms with Gasteiger partial charge < -0.3 is 14.6 Å². The van der Waals surface area contributed by atoms with Gasteiger partial charge in [0.05, 0.1) is 18.9 Å². The average Bonchev–Trinajstić information content (AvgIpc) is 3.13. The van der Waals surface area contributed by atoms with E-state index >= 15 is 0 Å². The lowest BCUT2D eigenvalue weighted by Crippen LogP contribution is -2.22. The largest absolute Gasteiger partial charge is 0.481 e. The van der Waals surface area contributed by atoms with Gasteiger partial charge in [0.1, 0.15) is 12.7 Å². The van der Waals surface area contributed by atoms with E-state index in [0.29, 0.717) is 13.0 Å². The molecule has 0 aliphatic carbocycles. The topological polar surface area (TPSA) is 76.1 Å². The Bertz CT molecular complexity index is 273. The van der Waals surface area contributed by atoms with E-state index in [4.69, 9.17) is 14.6 Å². The third-order valence-electron chi connectivity index (χ3n) is 2.97. The van der Waals surface area contributed by atoms with Crippen molar-refractivity contribution in [2.45, 2.75) is 51.6 Å². The van der Waals surface area contributed by atoms with Crippen molar-refractivity contribution >= 4 is 11.9 Å². The van der Waals surface area contributed by atoms with Crippen LogP contribution < -0.4 is 0 Å². The maximum Gasteiger partial charge on any atom is 0.309 e. The highest BCUT2D eigenvalue weighted by molar-refractivity contribution is 5.79. The molecule has 0 aromatic carbocycles. The highest BCUT2D eigenvalue weighted by Crippen LogP contribution is 2.18. The van der Waals surface area contributed by atoms with Gasteiger partial charge in [-0.3, -0.25) is 9.59 Å². The second kappa shape index (κ2) is 8.08. The number of hydrogen-bond donors (Lipinski definition) is 1. The van der Waals surface area contributed by atoms with Gasteiger partial charge >= 0.3 is 11.9 Å². The van der Waals surface area contributed by atoms with Crippen molar-refractivity contribution in [2.24, 2.45) is 5.92 Å². The van der Waals surface area contributed by atoms with Crippen molar-refractivity contribution in [3.63, 3.8) is 0 Å². The summed E-state index contributed by atoms with van der Waals surface area (Å²) in [5.74, 6) is -1.86. The number of carboxylic acids is 1. The Hall–Kier alpha value is -1.10. The lowest BCUT2D eigenvalue weighted by atomic mass is 9.97. The molecule has 2 atom stereocenters. The molecule has 1 aliphatic heterocycles. The lowest BCUT2D eigenvalue weighted by molar-refractivity contribution is -0.153. The third-order valence-corrected chi connectivity index (χ3v) is 2.97. The number of carboxylic acid groups (broad SMARTS) is 1. The van der Waals surface area contributed by atoms with E-state index < -0.39 is 17.9 Å². The molecule has 1 fully saturated rings. The number of carbonyl (C=O) groups excluding carboxylic acids is 1. The summed E-state index contributed by atoms with van der Waals surface area (Å²) in [7, 11) is 0. The van der Waals surface area contributed by atoms with E-state index in [9.17, 15) is 9.59 Å². The Kier molecular flexibility index (Phi) is 6.72. The standard InChI is InChI=1S/C13H22O5/c1-2-3-4-5-6-10(7-12(14)15)13(16)18-9-11-8-17-11/h10-11H,2-9H2,1H3,(H,14,15). The summed E-state index contributed by atoms with van der Waals surface area (Å²) in [6.07, 6.45) is 4.62. The second-order valence-electron chi connectivity index (χ2n) is 4.73. The molecule has 18 heavy (non-hydrogen) atoms. The number of unbranched alkanes of at least 4 members (excludes halogenated alkanes) is 3. The minimum atomic E-state index is -0.949. The number of rotatable bonds is 10. The maximum absolute atomic E-state index is 11.7. The van der Waals surface area contributed by atoms with E-state index in [1.54, 1.807) is 0 Å². The number of esters is 1. The van der Waals surface area contributed by atoms with Crippen LogP contribution in [0.25, 0.3) is 0 Å². The van der Waals surface area contributed by atoms with Gasteiger partial charge in [-0.1, -0.05) is 32.6 Å². The highest BCUT2D eigenvalue weighted by Gasteiger charge is 2.28. The van der Waals surface area contributed by atoms with Gasteiger partial charge in [0.25, 0.3) is 0 Å². The molecule has 0 bridgehead atoms. The second-order valence-corrected chi connectivity index (χ2v) is 4.73. The molecule has 0 spiro atoms. The molecule has 5 heteroatoms. The fraction of sp³-hybridized carbons (Fsp3) is 0.846. The van der Waals surface area contributed by atoms with E-state index in [-0.39, 0.29) is 19.1 Å². The quantitative estimate of drug-likeness (QED) is 0.368. The molecule has 2 unspecified atom stereocenters. The van der Waals surface area contributed by atoms with Crippen LogP contribution in [0.5, 0.6) is 0 Å². The van der Waals surface area contributed by atoms with Crippen LogP contribution in [-0.2, 0) is 19.1 Å². The Balaban J connectivity index is 2.27. The van der Waals surface area contributed by atoms with Gasteiger partial charge in [-0.15, -0.1) is 0 Å². The average molecular weight is 258 g/mol. The Morgan fingerprint density at radius 3 is 2.67 bits per heavy atom. The minimum absolute atomic E-state index is 0.0273. The maximum atomic E-state index is 11.7. The predicted molar refractivity (Wildman–Crippen MR) is 65.2 cm³/mol. The van der Waals surface area contributed by atoms with Crippen LogP contribution >= 0.6 is 0 Å². The summed E-state index contributed by atoms with van der Waals surface area (Å²) < 4.78 is 10.00. The van der Waals surface area contributed by atoms with Crippen molar-refractivity contribution in [1.82, 2.24) is 0 Å². The first-order chi connectivity index (χ1) is 8.63. The molecule has 104 valence electrons. The number of carbonyl (C=O) groups is 2. The smallest absolute Gasteiger partial charge is 0.309 e. The summed E-state index contributed by atoms with van der Waals surface area (Å²) >= 11 is 0. The van der Waals surface area contributed by atoms with E-state index in [2.05, 4.69) is 6.92 Å². The van der Waals surface area contributed by atoms with Crippen molar-refractivity contribution in [3.8, 4) is 0 Å². The zero-order valence-electron chi connectivity index (χ0n) is 10.9. The molecular weight excluding hydrogens is 236 g/mol. The molecule has 0 aromatic rings. The molecule has 0 saturated carbocycles. The zero-order valence-corrected chi connectivity index (χ0v) is 10.9. The normalized spacial score (nSPS) is 19.3. The van der Waals surface area contributed by atoms with Gasteiger partial charge in [-0.2, -0.15) is 0 Å². The third kappa shape index (κ3) is 6.59. The van der Waals surface area contributed by atoms with E-state index in [1.807, 2.05) is 0 Å². The van der Waals surface area contributed by atoms with Crippen LogP contribution in [-0.4, -0.2) is 36.4 Å². The number of epoxide rings is 1. The first-order valence-corrected chi connectivity index (χ1v) is 6.63. The van der Waals surface area contributed by atoms with Gasteiger partial charge in [-0.25, -0.2) is 0 Å². The van der Waals surface area contributed by atoms with Gasteiger partial charge in [-0.05, 0) is 6.42 Å². The predicted octanol–water partition coefficient (Wildman–Crippen LogP) is 1.99. The lowest BCUT2D eigenvalue weighted by Gasteiger charge is -2.13. The van der Waals surface area contributed by atoms with Gasteiger partial charge in [0, 0.05) is 0 Å². The Morgan fingerprint density at radius 1 is 1.39 bits per heavy atom. The van der Waals surface area contributed by atoms with Crippen LogP contribution in [0.15, 0.2) is 0 Å². The van der Waals surface area contributed by atoms with Crippen LogP contribution in [0.2, 0.25) is 0 Å². The van der Waals surface area contributed by atoms with Crippen LogP contribution in [0, 0.1) is 5.92 Å². The molecule has 5 nitrogen and oxygen atoms in total. The summed E-state index contributed by atoms with van der Waals surface area (Å²) in [4.78, 5) is 22.5. The number of aliphatic carboxylic acids is 1. The molecule has 1 N–H and O–H groups in total. The molecule has 0 radical (unpaired) electrons. The number of hydrogen-bond acceptors (Lipinski definition) is 4. The fourth-order valence-electron chi connectivity index (χ4n) is 1.79. The summed E-state index contributed by atoms with van der Waals surface area (Å²) in [5, 5.41) is 8.79. The fourth-order valence-corrected chi connectivity index (χ4v) is 1.79. The zero-order chi connectivity index (χ0) is 13.4.